The van der Waals surface area contributed by atoms with E-state index >= 15 is 0 Å². The van der Waals surface area contributed by atoms with Crippen LogP contribution in [0.4, 0.5) is 11.4 Å². The van der Waals surface area contributed by atoms with Gasteiger partial charge in [0.25, 0.3) is 5.91 Å². The molecule has 1 aromatic carbocycles. The molecule has 110 valence electrons. The van der Waals surface area contributed by atoms with Gasteiger partial charge in [-0.15, -0.1) is 10.2 Å². The van der Waals surface area contributed by atoms with Crippen molar-refractivity contribution in [3.63, 3.8) is 0 Å². The number of hydrogen-bond acceptors (Lipinski definition) is 5. The first-order valence-electron chi connectivity index (χ1n) is 6.60. The van der Waals surface area contributed by atoms with Crippen LogP contribution < -0.4 is 11.1 Å². The standard InChI is InChI=1S/C15H14N6O/c1-9(16)12-7-11(2-3-13(12)17)19-15(22)10-4-5-21-8-18-20-14(21)6-10/h2-8,16H,17H2,1H3,(H,19,22). The third kappa shape index (κ3) is 2.51. The highest BCUT2D eigenvalue weighted by molar-refractivity contribution is 6.06. The molecule has 7 heteroatoms. The number of carbonyl (C=O) groups is 1. The van der Waals surface area contributed by atoms with Crippen LogP contribution in [0.2, 0.25) is 0 Å². The number of rotatable bonds is 3. The summed E-state index contributed by atoms with van der Waals surface area (Å²) < 4.78 is 1.72. The molecule has 0 saturated carbocycles. The summed E-state index contributed by atoms with van der Waals surface area (Å²) in [6.07, 6.45) is 3.29. The van der Waals surface area contributed by atoms with E-state index in [2.05, 4.69) is 15.5 Å². The number of hydrogen-bond donors (Lipinski definition) is 3. The lowest BCUT2D eigenvalue weighted by molar-refractivity contribution is 0.102. The maximum absolute atomic E-state index is 12.3. The lowest BCUT2D eigenvalue weighted by Gasteiger charge is -2.09. The number of anilines is 2. The Bertz CT molecular complexity index is 883. The zero-order chi connectivity index (χ0) is 15.7. The fourth-order valence-corrected chi connectivity index (χ4v) is 2.12. The van der Waals surface area contributed by atoms with Gasteiger partial charge >= 0.3 is 0 Å². The zero-order valence-electron chi connectivity index (χ0n) is 11.9. The molecular formula is C15H14N6O. The van der Waals surface area contributed by atoms with Gasteiger partial charge in [-0.25, -0.2) is 0 Å². The second-order valence-electron chi connectivity index (χ2n) is 4.89. The van der Waals surface area contributed by atoms with Crippen LogP contribution >= 0.6 is 0 Å². The van der Waals surface area contributed by atoms with Gasteiger partial charge in [0.1, 0.15) is 6.33 Å². The first-order chi connectivity index (χ1) is 10.5. The average Bonchev–Trinajstić information content (AvgIpc) is 2.96. The molecule has 0 aliphatic carbocycles. The summed E-state index contributed by atoms with van der Waals surface area (Å²) in [4.78, 5) is 12.3. The SMILES string of the molecule is CC(=N)c1cc(NC(=O)c2ccn3cnnc3c2)ccc1N. The van der Waals surface area contributed by atoms with Crippen LogP contribution in [0.1, 0.15) is 22.8 Å². The second kappa shape index (κ2) is 5.28. The van der Waals surface area contributed by atoms with Crippen molar-refractivity contribution < 1.29 is 4.79 Å². The minimum absolute atomic E-state index is 0.260. The van der Waals surface area contributed by atoms with E-state index in [1.54, 1.807) is 54.2 Å². The molecule has 3 aromatic rings. The lowest BCUT2D eigenvalue weighted by Crippen LogP contribution is -2.13. The Morgan fingerprint density at radius 2 is 2.14 bits per heavy atom. The van der Waals surface area contributed by atoms with Crippen LogP contribution in [0.3, 0.4) is 0 Å². The number of carbonyl (C=O) groups excluding carboxylic acids is 1. The summed E-state index contributed by atoms with van der Waals surface area (Å²) in [5, 5.41) is 18.1. The van der Waals surface area contributed by atoms with Crippen molar-refractivity contribution in [2.75, 3.05) is 11.1 Å². The van der Waals surface area contributed by atoms with Crippen molar-refractivity contribution in [1.82, 2.24) is 14.6 Å². The smallest absolute Gasteiger partial charge is 0.255 e. The van der Waals surface area contributed by atoms with Gasteiger partial charge in [-0.1, -0.05) is 0 Å². The molecular weight excluding hydrogens is 280 g/mol. The van der Waals surface area contributed by atoms with Crippen LogP contribution in [0.25, 0.3) is 5.65 Å². The van der Waals surface area contributed by atoms with Crippen molar-refractivity contribution in [2.45, 2.75) is 6.92 Å². The molecule has 0 atom stereocenters. The molecule has 2 heterocycles. The van der Waals surface area contributed by atoms with Gasteiger partial charge in [-0.05, 0) is 37.3 Å². The van der Waals surface area contributed by atoms with E-state index in [9.17, 15) is 4.79 Å². The van der Waals surface area contributed by atoms with Gasteiger partial charge in [0.05, 0.1) is 0 Å². The highest BCUT2D eigenvalue weighted by Gasteiger charge is 2.10. The minimum atomic E-state index is -0.260. The summed E-state index contributed by atoms with van der Waals surface area (Å²) >= 11 is 0. The molecule has 7 nitrogen and oxygen atoms in total. The highest BCUT2D eigenvalue weighted by Crippen LogP contribution is 2.19. The van der Waals surface area contributed by atoms with E-state index in [1.807, 2.05) is 0 Å². The zero-order valence-corrected chi connectivity index (χ0v) is 11.9. The normalized spacial score (nSPS) is 10.6. The largest absolute Gasteiger partial charge is 0.398 e. The number of nitrogens with zero attached hydrogens (tertiary/aromatic N) is 3. The Morgan fingerprint density at radius 3 is 2.91 bits per heavy atom. The summed E-state index contributed by atoms with van der Waals surface area (Å²) in [5.41, 5.74) is 8.93. The van der Waals surface area contributed by atoms with Crippen molar-refractivity contribution in [2.24, 2.45) is 0 Å². The Labute approximate surface area is 126 Å². The topological polar surface area (TPSA) is 109 Å². The van der Waals surface area contributed by atoms with E-state index < -0.39 is 0 Å². The molecule has 0 aliphatic rings. The summed E-state index contributed by atoms with van der Waals surface area (Å²) in [7, 11) is 0. The van der Waals surface area contributed by atoms with E-state index in [-0.39, 0.29) is 5.91 Å². The van der Waals surface area contributed by atoms with Gasteiger partial charge in [-0.2, -0.15) is 0 Å². The molecule has 3 rings (SSSR count). The van der Waals surface area contributed by atoms with Crippen LogP contribution in [0, 0.1) is 5.41 Å². The lowest BCUT2D eigenvalue weighted by atomic mass is 10.1. The molecule has 2 aromatic heterocycles. The van der Waals surface area contributed by atoms with Crippen molar-refractivity contribution in [1.29, 1.82) is 5.41 Å². The Morgan fingerprint density at radius 1 is 1.32 bits per heavy atom. The third-order valence-corrected chi connectivity index (χ3v) is 3.28. The average molecular weight is 294 g/mol. The number of nitrogen functional groups attached to an aromatic ring is 1. The summed E-state index contributed by atoms with van der Waals surface area (Å²) in [6.45, 7) is 1.65. The van der Waals surface area contributed by atoms with Crippen LogP contribution in [0.15, 0.2) is 42.9 Å². The predicted molar refractivity (Wildman–Crippen MR) is 84.3 cm³/mol. The molecule has 1 amide bonds. The Balaban J connectivity index is 1.87. The molecule has 0 saturated heterocycles. The van der Waals surface area contributed by atoms with Crippen LogP contribution in [-0.4, -0.2) is 26.2 Å². The fraction of sp³-hybridized carbons (Fsp3) is 0.0667. The molecule has 0 unspecified atom stereocenters. The first-order valence-corrected chi connectivity index (χ1v) is 6.60. The predicted octanol–water partition coefficient (Wildman–Crippen LogP) is 1.95. The quantitative estimate of drug-likeness (QED) is 0.506. The number of nitrogens with one attached hydrogen (secondary N) is 2. The third-order valence-electron chi connectivity index (χ3n) is 3.28. The van der Waals surface area contributed by atoms with E-state index in [0.717, 1.165) is 0 Å². The van der Waals surface area contributed by atoms with Gasteiger partial charge in [-0.3, -0.25) is 9.20 Å². The second-order valence-corrected chi connectivity index (χ2v) is 4.89. The molecule has 4 N–H and O–H groups in total. The van der Waals surface area contributed by atoms with Crippen LogP contribution in [-0.2, 0) is 0 Å². The van der Waals surface area contributed by atoms with E-state index in [1.165, 1.54) is 0 Å². The molecule has 22 heavy (non-hydrogen) atoms. The maximum Gasteiger partial charge on any atom is 0.255 e. The van der Waals surface area contributed by atoms with Gasteiger partial charge in [0, 0.05) is 34.4 Å². The van der Waals surface area contributed by atoms with E-state index in [0.29, 0.717) is 33.9 Å². The van der Waals surface area contributed by atoms with Crippen molar-refractivity contribution in [3.8, 4) is 0 Å². The Hall–Kier alpha value is -3.22. The molecule has 0 radical (unpaired) electrons. The molecule has 0 fully saturated rings. The van der Waals surface area contributed by atoms with Crippen LogP contribution in [0.5, 0.6) is 0 Å². The number of aromatic nitrogens is 3. The first kappa shape index (κ1) is 13.7. The number of fused-ring (bicyclic) bond motifs is 1. The Kier molecular flexibility index (Phi) is 3.30. The maximum atomic E-state index is 12.3. The number of pyridine rings is 1. The van der Waals surface area contributed by atoms with Gasteiger partial charge < -0.3 is 16.5 Å². The summed E-state index contributed by atoms with van der Waals surface area (Å²) in [5.74, 6) is -0.260. The monoisotopic (exact) mass is 294 g/mol. The molecule has 0 aliphatic heterocycles. The fourth-order valence-electron chi connectivity index (χ4n) is 2.12. The van der Waals surface area contributed by atoms with Crippen molar-refractivity contribution in [3.05, 3.63) is 54.0 Å². The van der Waals surface area contributed by atoms with Gasteiger partial charge in [0.15, 0.2) is 5.65 Å². The number of nitrogens with two attached hydrogens (primary N) is 1. The van der Waals surface area contributed by atoms with Gasteiger partial charge in [0.2, 0.25) is 0 Å². The molecule has 0 spiro atoms. The van der Waals surface area contributed by atoms with E-state index in [4.69, 9.17) is 11.1 Å². The minimum Gasteiger partial charge on any atom is -0.398 e. The van der Waals surface area contributed by atoms with Crippen molar-refractivity contribution >= 4 is 28.6 Å². The number of amides is 1. The highest BCUT2D eigenvalue weighted by atomic mass is 16.1. The number of benzene rings is 1. The summed E-state index contributed by atoms with van der Waals surface area (Å²) in [6, 6.07) is 8.40. The molecule has 0 bridgehead atoms.